The van der Waals surface area contributed by atoms with Crippen LogP contribution in [0.3, 0.4) is 0 Å². The fourth-order valence-electron chi connectivity index (χ4n) is 9.57. The molecule has 5 rings (SSSR count). The highest BCUT2D eigenvalue weighted by molar-refractivity contribution is 6.00. The molecule has 1 aliphatic heterocycles. The normalized spacial score (nSPS) is 50.8. The van der Waals surface area contributed by atoms with Gasteiger partial charge in [0.2, 0.25) is 5.78 Å². The Hall–Kier alpha value is -1.46. The van der Waals surface area contributed by atoms with E-state index in [0.29, 0.717) is 25.0 Å². The molecule has 0 aromatic carbocycles. The summed E-state index contributed by atoms with van der Waals surface area (Å²) in [5.41, 5.74) is -1.69. The van der Waals surface area contributed by atoms with Crippen molar-refractivity contribution in [3.8, 4) is 0 Å². The molecule has 0 bridgehead atoms. The van der Waals surface area contributed by atoms with Crippen molar-refractivity contribution in [2.24, 2.45) is 45.3 Å². The van der Waals surface area contributed by atoms with E-state index in [4.69, 9.17) is 4.74 Å². The second-order valence-electron chi connectivity index (χ2n) is 14.1. The Bertz CT molecular complexity index is 1040. The summed E-state index contributed by atoms with van der Waals surface area (Å²) in [7, 11) is 0. The van der Waals surface area contributed by atoms with Gasteiger partial charge in [-0.2, -0.15) is 0 Å². The van der Waals surface area contributed by atoms with Crippen molar-refractivity contribution in [1.29, 1.82) is 0 Å². The molecule has 0 amide bonds. The summed E-state index contributed by atoms with van der Waals surface area (Å²) in [4.78, 5) is 27.7. The number of hydrogen-bond acceptors (Lipinski definition) is 5. The zero-order chi connectivity index (χ0) is 25.9. The van der Waals surface area contributed by atoms with Gasteiger partial charge in [0.05, 0.1) is 12.2 Å². The fourth-order valence-corrected chi connectivity index (χ4v) is 9.57. The van der Waals surface area contributed by atoms with Gasteiger partial charge in [0.15, 0.2) is 5.60 Å². The first-order chi connectivity index (χ1) is 16.0. The van der Waals surface area contributed by atoms with Crippen LogP contribution in [0.1, 0.15) is 87.5 Å². The first-order valence-electron chi connectivity index (χ1n) is 13.6. The minimum atomic E-state index is -1.16. The minimum Gasteiger partial charge on any atom is -0.483 e. The number of aliphatic hydroxyl groups is 2. The molecule has 5 aliphatic rings. The molecular formula is C30H44O5. The number of fused-ring (bicyclic) bond motifs is 5. The summed E-state index contributed by atoms with van der Waals surface area (Å²) in [6, 6.07) is 0. The van der Waals surface area contributed by atoms with Crippen molar-refractivity contribution < 1.29 is 24.5 Å². The van der Waals surface area contributed by atoms with Gasteiger partial charge in [-0.15, -0.1) is 0 Å². The summed E-state index contributed by atoms with van der Waals surface area (Å²) in [5, 5.41) is 22.4. The van der Waals surface area contributed by atoms with E-state index < -0.39 is 34.6 Å². The van der Waals surface area contributed by atoms with E-state index in [0.717, 1.165) is 12.8 Å². The highest BCUT2D eigenvalue weighted by atomic mass is 16.5. The molecule has 0 saturated heterocycles. The number of allylic oxidation sites excluding steroid dienone is 2. The summed E-state index contributed by atoms with van der Waals surface area (Å²) in [5.74, 6) is 0.630. The third kappa shape index (κ3) is 2.89. The van der Waals surface area contributed by atoms with Gasteiger partial charge in [0, 0.05) is 35.2 Å². The van der Waals surface area contributed by atoms with Gasteiger partial charge in [0.1, 0.15) is 11.5 Å². The third-order valence-electron chi connectivity index (χ3n) is 11.9. The number of rotatable bonds is 2. The Labute approximate surface area is 210 Å². The number of hydrogen-bond donors (Lipinski definition) is 2. The third-order valence-corrected chi connectivity index (χ3v) is 11.9. The van der Waals surface area contributed by atoms with E-state index >= 15 is 0 Å². The van der Waals surface area contributed by atoms with E-state index in [1.807, 2.05) is 20.8 Å². The lowest BCUT2D eigenvalue weighted by molar-refractivity contribution is -0.183. The summed E-state index contributed by atoms with van der Waals surface area (Å²) < 4.78 is 6.36. The largest absolute Gasteiger partial charge is 0.483 e. The number of ketones is 2. The second kappa shape index (κ2) is 7.31. The van der Waals surface area contributed by atoms with Crippen LogP contribution in [-0.4, -0.2) is 39.6 Å². The lowest BCUT2D eigenvalue weighted by atomic mass is 9.38. The monoisotopic (exact) mass is 484 g/mol. The maximum Gasteiger partial charge on any atom is 0.202 e. The summed E-state index contributed by atoms with van der Waals surface area (Å²) in [6.07, 6.45) is 5.98. The van der Waals surface area contributed by atoms with Crippen molar-refractivity contribution in [2.45, 2.75) is 105 Å². The fraction of sp³-hybridized carbons (Fsp3) is 0.800. The van der Waals surface area contributed by atoms with Crippen molar-refractivity contribution in [1.82, 2.24) is 0 Å². The molecule has 3 saturated carbocycles. The van der Waals surface area contributed by atoms with Crippen molar-refractivity contribution >= 4 is 11.6 Å². The van der Waals surface area contributed by atoms with Crippen LogP contribution in [-0.2, 0) is 14.3 Å². The molecule has 1 heterocycles. The van der Waals surface area contributed by atoms with Crippen LogP contribution in [0.5, 0.6) is 0 Å². The van der Waals surface area contributed by atoms with E-state index in [9.17, 15) is 19.8 Å². The van der Waals surface area contributed by atoms with Crippen molar-refractivity contribution in [2.75, 3.05) is 0 Å². The average molecular weight is 485 g/mol. The molecule has 2 N–H and O–H groups in total. The lowest BCUT2D eigenvalue weighted by Crippen LogP contribution is -2.64. The molecule has 4 aliphatic carbocycles. The molecule has 35 heavy (non-hydrogen) atoms. The maximum atomic E-state index is 14.3. The Morgan fingerprint density at radius 3 is 2.26 bits per heavy atom. The molecule has 5 nitrogen and oxygen atoms in total. The number of carbonyl (C=O) groups excluding carboxylic acids is 2. The predicted octanol–water partition coefficient (Wildman–Crippen LogP) is 5.00. The first kappa shape index (κ1) is 25.2. The molecule has 0 unspecified atom stereocenters. The van der Waals surface area contributed by atoms with Crippen LogP contribution in [0.4, 0.5) is 0 Å². The predicted molar refractivity (Wildman–Crippen MR) is 134 cm³/mol. The number of ether oxygens (including phenoxy) is 1. The second-order valence-corrected chi connectivity index (χ2v) is 14.1. The Kier molecular flexibility index (Phi) is 5.26. The van der Waals surface area contributed by atoms with Crippen LogP contribution in [0.25, 0.3) is 0 Å². The van der Waals surface area contributed by atoms with E-state index in [1.54, 1.807) is 6.08 Å². The van der Waals surface area contributed by atoms with Gasteiger partial charge < -0.3 is 14.9 Å². The van der Waals surface area contributed by atoms with Gasteiger partial charge in [-0.05, 0) is 55.3 Å². The first-order valence-corrected chi connectivity index (χ1v) is 13.6. The molecule has 194 valence electrons. The van der Waals surface area contributed by atoms with Crippen LogP contribution in [0.15, 0.2) is 23.5 Å². The standard InChI is InChI=1S/C30H44O5/c1-16(2)20-13-23(33)30(8,35-20)25-19(31)14-27(5)21-11-9-17-18(10-12-22(32)26(17,3)4)29(21,7)24(34)15-28(25,27)6/h9,13,16,18-19,21-22,25,31-32H,10-12,14-15H2,1-8H3/t18-,19+,21+,22-,25+,27-,28+,29-,30+/m0/s1. The molecule has 5 heteroatoms. The van der Waals surface area contributed by atoms with Gasteiger partial charge in [-0.3, -0.25) is 9.59 Å². The van der Waals surface area contributed by atoms with E-state index in [-0.39, 0.29) is 40.2 Å². The van der Waals surface area contributed by atoms with Gasteiger partial charge in [-0.1, -0.05) is 60.1 Å². The molecule has 3 fully saturated rings. The molecule has 0 spiro atoms. The Balaban J connectivity index is 1.59. The Morgan fingerprint density at radius 2 is 1.66 bits per heavy atom. The minimum absolute atomic E-state index is 0.0679. The van der Waals surface area contributed by atoms with E-state index in [1.165, 1.54) is 5.57 Å². The van der Waals surface area contributed by atoms with Gasteiger partial charge in [-0.25, -0.2) is 0 Å². The number of Topliss-reactive ketones (excluding diaryl/α,β-unsaturated/α-hetero) is 1. The SMILES string of the molecule is CC(C)C1=CC(=O)[C@](C)([C@@H]2[C@H](O)C[C@@]3(C)[C@H]4CC=C5[C@H](CC[C@H](O)C5(C)C)[C@]4(C)C(=O)C[C@]23C)O1. The molecule has 0 radical (unpaired) electrons. The lowest BCUT2D eigenvalue weighted by Gasteiger charge is -2.64. The van der Waals surface area contributed by atoms with Crippen LogP contribution in [0, 0.1) is 45.3 Å². The molecular weight excluding hydrogens is 440 g/mol. The van der Waals surface area contributed by atoms with Crippen LogP contribution < -0.4 is 0 Å². The van der Waals surface area contributed by atoms with Crippen molar-refractivity contribution in [3.05, 3.63) is 23.5 Å². The highest BCUT2D eigenvalue weighted by Gasteiger charge is 2.75. The molecule has 0 aromatic heterocycles. The topological polar surface area (TPSA) is 83.8 Å². The van der Waals surface area contributed by atoms with Crippen LogP contribution in [0.2, 0.25) is 0 Å². The zero-order valence-corrected chi connectivity index (χ0v) is 22.8. The van der Waals surface area contributed by atoms with Gasteiger partial charge in [0.25, 0.3) is 0 Å². The van der Waals surface area contributed by atoms with Crippen molar-refractivity contribution in [3.63, 3.8) is 0 Å². The van der Waals surface area contributed by atoms with Crippen LogP contribution >= 0.6 is 0 Å². The highest BCUT2D eigenvalue weighted by Crippen LogP contribution is 2.74. The maximum absolute atomic E-state index is 14.3. The molecule has 9 atom stereocenters. The Morgan fingerprint density at radius 1 is 1.00 bits per heavy atom. The zero-order valence-electron chi connectivity index (χ0n) is 22.8. The summed E-state index contributed by atoms with van der Waals surface area (Å²) in [6.45, 7) is 16.6. The molecule has 0 aromatic rings. The quantitative estimate of drug-likeness (QED) is 0.539. The number of aliphatic hydroxyl groups excluding tert-OH is 2. The summed E-state index contributed by atoms with van der Waals surface area (Å²) >= 11 is 0. The van der Waals surface area contributed by atoms with E-state index in [2.05, 4.69) is 40.7 Å². The number of carbonyl (C=O) groups is 2. The smallest absolute Gasteiger partial charge is 0.202 e. The van der Waals surface area contributed by atoms with Gasteiger partial charge >= 0.3 is 0 Å². The average Bonchev–Trinajstić information content (AvgIpc) is 3.15.